The molecule has 4 rings (SSSR count). The third kappa shape index (κ3) is 3.68. The fourth-order valence-electron chi connectivity index (χ4n) is 4.82. The molecule has 1 aromatic carbocycles. The Hall–Kier alpha value is -2.08. The number of ether oxygens (including phenoxy) is 1. The second kappa shape index (κ2) is 7.50. The molecule has 1 saturated carbocycles. The summed E-state index contributed by atoms with van der Waals surface area (Å²) in [6.07, 6.45) is 9.21. The Morgan fingerprint density at radius 1 is 1.11 bits per heavy atom. The molecule has 0 radical (unpaired) electrons. The molecule has 146 valence electrons. The number of fused-ring (bicyclic) bond motifs is 1. The maximum atomic E-state index is 12.8. The van der Waals surface area contributed by atoms with Crippen LogP contribution in [0.2, 0.25) is 0 Å². The Kier molecular flexibility index (Phi) is 5.08. The summed E-state index contributed by atoms with van der Waals surface area (Å²) in [5.41, 5.74) is 2.91. The third-order valence-electron chi connectivity index (χ3n) is 6.54. The minimum Gasteiger partial charge on any atom is -0.487 e. The van der Waals surface area contributed by atoms with Gasteiger partial charge >= 0.3 is 0 Å². The van der Waals surface area contributed by atoms with Crippen LogP contribution in [0.15, 0.2) is 18.2 Å². The SMILES string of the molecule is O=C(NO)c1ccc2c(c1)CCC1(CCN(C(=O)C3CCCCC3)CC1)O2. The molecule has 0 atom stereocenters. The Labute approximate surface area is 159 Å². The smallest absolute Gasteiger partial charge is 0.274 e. The summed E-state index contributed by atoms with van der Waals surface area (Å²) in [5.74, 6) is 0.896. The van der Waals surface area contributed by atoms with Crippen LogP contribution < -0.4 is 10.2 Å². The van der Waals surface area contributed by atoms with Gasteiger partial charge in [0, 0.05) is 37.4 Å². The lowest BCUT2D eigenvalue weighted by Gasteiger charge is -2.45. The highest BCUT2D eigenvalue weighted by Gasteiger charge is 2.41. The van der Waals surface area contributed by atoms with Gasteiger partial charge < -0.3 is 9.64 Å². The van der Waals surface area contributed by atoms with Gasteiger partial charge in [-0.05, 0) is 49.4 Å². The number of hydrogen-bond acceptors (Lipinski definition) is 4. The number of carbonyl (C=O) groups is 2. The molecule has 2 fully saturated rings. The van der Waals surface area contributed by atoms with Crippen LogP contribution in [0, 0.1) is 5.92 Å². The highest BCUT2D eigenvalue weighted by atomic mass is 16.5. The largest absolute Gasteiger partial charge is 0.487 e. The van der Waals surface area contributed by atoms with Crippen molar-refractivity contribution in [1.29, 1.82) is 0 Å². The van der Waals surface area contributed by atoms with E-state index in [0.29, 0.717) is 11.5 Å². The molecule has 2 N–H and O–H groups in total. The van der Waals surface area contributed by atoms with Crippen LogP contribution >= 0.6 is 0 Å². The van der Waals surface area contributed by atoms with Crippen LogP contribution in [-0.2, 0) is 11.2 Å². The number of nitrogens with one attached hydrogen (secondary N) is 1. The predicted octanol–water partition coefficient (Wildman–Crippen LogP) is 3.07. The van der Waals surface area contributed by atoms with Gasteiger partial charge in [-0.2, -0.15) is 0 Å². The zero-order valence-electron chi connectivity index (χ0n) is 15.7. The number of likely N-dealkylation sites (tertiary alicyclic amines) is 1. The normalized spacial score (nSPS) is 22.0. The summed E-state index contributed by atoms with van der Waals surface area (Å²) < 4.78 is 6.37. The van der Waals surface area contributed by atoms with E-state index in [0.717, 1.165) is 62.9 Å². The van der Waals surface area contributed by atoms with E-state index in [1.807, 2.05) is 6.07 Å². The lowest BCUT2D eigenvalue weighted by Crippen LogP contribution is -2.52. The first-order valence-electron chi connectivity index (χ1n) is 10.2. The van der Waals surface area contributed by atoms with Crippen molar-refractivity contribution in [1.82, 2.24) is 10.4 Å². The molecular formula is C21H28N2O4. The molecule has 1 aromatic rings. The van der Waals surface area contributed by atoms with Crippen molar-refractivity contribution in [3.8, 4) is 5.75 Å². The molecule has 0 unspecified atom stereocenters. The number of amides is 2. The van der Waals surface area contributed by atoms with Gasteiger partial charge in [0.2, 0.25) is 5.91 Å². The van der Waals surface area contributed by atoms with Gasteiger partial charge in [-0.15, -0.1) is 0 Å². The number of aryl methyl sites for hydroxylation is 1. The molecule has 6 heteroatoms. The summed E-state index contributed by atoms with van der Waals surface area (Å²) in [6.45, 7) is 1.55. The van der Waals surface area contributed by atoms with Gasteiger partial charge in [-0.1, -0.05) is 19.3 Å². The van der Waals surface area contributed by atoms with Crippen molar-refractivity contribution in [3.05, 3.63) is 29.3 Å². The highest BCUT2D eigenvalue weighted by molar-refractivity contribution is 5.93. The van der Waals surface area contributed by atoms with Crippen molar-refractivity contribution in [2.24, 2.45) is 5.92 Å². The molecule has 2 heterocycles. The first-order valence-corrected chi connectivity index (χ1v) is 10.2. The van der Waals surface area contributed by atoms with E-state index < -0.39 is 5.91 Å². The van der Waals surface area contributed by atoms with Crippen LogP contribution in [0.5, 0.6) is 5.75 Å². The molecule has 3 aliphatic rings. The van der Waals surface area contributed by atoms with Gasteiger partial charge in [0.15, 0.2) is 0 Å². The summed E-state index contributed by atoms with van der Waals surface area (Å²) >= 11 is 0. The van der Waals surface area contributed by atoms with Crippen molar-refractivity contribution in [3.63, 3.8) is 0 Å². The average Bonchev–Trinajstić information content (AvgIpc) is 2.73. The predicted molar refractivity (Wildman–Crippen MR) is 99.8 cm³/mol. The van der Waals surface area contributed by atoms with Crippen LogP contribution in [0.1, 0.15) is 67.3 Å². The number of hydrogen-bond donors (Lipinski definition) is 2. The summed E-state index contributed by atoms with van der Waals surface area (Å²) in [7, 11) is 0. The van der Waals surface area contributed by atoms with E-state index in [1.54, 1.807) is 17.6 Å². The minimum absolute atomic E-state index is 0.197. The van der Waals surface area contributed by atoms with Gasteiger partial charge in [-0.25, -0.2) is 5.48 Å². The summed E-state index contributed by atoms with van der Waals surface area (Å²) in [5, 5.41) is 8.79. The van der Waals surface area contributed by atoms with Gasteiger partial charge in [0.25, 0.3) is 5.91 Å². The molecule has 1 spiro atoms. The maximum Gasteiger partial charge on any atom is 0.274 e. The van der Waals surface area contributed by atoms with Crippen LogP contribution in [-0.4, -0.2) is 40.6 Å². The quantitative estimate of drug-likeness (QED) is 0.618. The Balaban J connectivity index is 1.39. The van der Waals surface area contributed by atoms with Crippen molar-refractivity contribution in [2.45, 2.75) is 63.4 Å². The van der Waals surface area contributed by atoms with E-state index >= 15 is 0 Å². The van der Waals surface area contributed by atoms with Crippen LogP contribution in [0.4, 0.5) is 0 Å². The zero-order chi connectivity index (χ0) is 18.9. The Morgan fingerprint density at radius 2 is 1.85 bits per heavy atom. The molecule has 2 amide bonds. The summed E-state index contributed by atoms with van der Waals surface area (Å²) in [4.78, 5) is 26.4. The Bertz CT molecular complexity index is 719. The van der Waals surface area contributed by atoms with Crippen LogP contribution in [0.25, 0.3) is 0 Å². The third-order valence-corrected chi connectivity index (χ3v) is 6.54. The van der Waals surface area contributed by atoms with Gasteiger partial charge in [0.1, 0.15) is 11.4 Å². The lowest BCUT2D eigenvalue weighted by molar-refractivity contribution is -0.140. The van der Waals surface area contributed by atoms with E-state index in [9.17, 15) is 9.59 Å². The molecule has 1 saturated heterocycles. The number of carbonyl (C=O) groups excluding carboxylic acids is 2. The molecular weight excluding hydrogens is 344 g/mol. The average molecular weight is 372 g/mol. The number of nitrogens with zero attached hydrogens (tertiary/aromatic N) is 1. The van der Waals surface area contributed by atoms with E-state index in [4.69, 9.17) is 9.94 Å². The highest BCUT2D eigenvalue weighted by Crippen LogP contribution is 2.40. The monoisotopic (exact) mass is 372 g/mol. The lowest BCUT2D eigenvalue weighted by atomic mass is 9.82. The summed E-state index contributed by atoms with van der Waals surface area (Å²) in [6, 6.07) is 5.28. The van der Waals surface area contributed by atoms with E-state index in [2.05, 4.69) is 4.90 Å². The minimum atomic E-state index is -0.507. The molecule has 2 aliphatic heterocycles. The fourth-order valence-corrected chi connectivity index (χ4v) is 4.82. The van der Waals surface area contributed by atoms with Crippen molar-refractivity contribution in [2.75, 3.05) is 13.1 Å². The Morgan fingerprint density at radius 3 is 2.56 bits per heavy atom. The first kappa shape index (κ1) is 18.3. The second-order valence-electron chi connectivity index (χ2n) is 8.21. The topological polar surface area (TPSA) is 78.9 Å². The van der Waals surface area contributed by atoms with Crippen molar-refractivity contribution < 1.29 is 19.5 Å². The first-order chi connectivity index (χ1) is 13.1. The fraction of sp³-hybridized carbons (Fsp3) is 0.619. The number of piperidine rings is 1. The molecule has 27 heavy (non-hydrogen) atoms. The van der Waals surface area contributed by atoms with Gasteiger partial charge in [0.05, 0.1) is 0 Å². The van der Waals surface area contributed by atoms with Crippen LogP contribution in [0.3, 0.4) is 0 Å². The van der Waals surface area contributed by atoms with E-state index in [1.165, 1.54) is 19.3 Å². The number of hydroxylamine groups is 1. The number of benzene rings is 1. The van der Waals surface area contributed by atoms with E-state index in [-0.39, 0.29) is 11.5 Å². The molecule has 0 bridgehead atoms. The molecule has 6 nitrogen and oxygen atoms in total. The second-order valence-corrected chi connectivity index (χ2v) is 8.21. The van der Waals surface area contributed by atoms with Crippen molar-refractivity contribution >= 4 is 11.8 Å². The molecule has 1 aliphatic carbocycles. The standard InChI is InChI=1S/C21H28N2O4/c24-19(22-26)17-6-7-18-16(14-17)8-9-21(27-18)10-12-23(13-11-21)20(25)15-4-2-1-3-5-15/h6-7,14-15,26H,1-5,8-13H2,(H,22,24). The maximum absolute atomic E-state index is 12.8. The molecule has 0 aromatic heterocycles. The number of rotatable bonds is 2. The zero-order valence-corrected chi connectivity index (χ0v) is 15.7. The van der Waals surface area contributed by atoms with Gasteiger partial charge in [-0.3, -0.25) is 14.8 Å².